The maximum absolute atomic E-state index is 12.9. The van der Waals surface area contributed by atoms with Gasteiger partial charge in [0.1, 0.15) is 5.69 Å². The van der Waals surface area contributed by atoms with Crippen LogP contribution in [0.1, 0.15) is 17.8 Å². The summed E-state index contributed by atoms with van der Waals surface area (Å²) in [5.41, 5.74) is 1.88. The number of aromatic nitrogens is 6. The van der Waals surface area contributed by atoms with Gasteiger partial charge < -0.3 is 5.32 Å². The minimum atomic E-state index is -2.68. The molecule has 4 rings (SSSR count). The van der Waals surface area contributed by atoms with Crippen LogP contribution in [0.5, 0.6) is 0 Å². The molecule has 3 heterocycles. The first-order valence-electron chi connectivity index (χ1n) is 8.11. The summed E-state index contributed by atoms with van der Waals surface area (Å²) < 4.78 is 28.2. The lowest BCUT2D eigenvalue weighted by Gasteiger charge is -2.01. The second-order valence-electron chi connectivity index (χ2n) is 5.81. The third kappa shape index (κ3) is 3.85. The van der Waals surface area contributed by atoms with E-state index in [-0.39, 0.29) is 0 Å². The standard InChI is InChI=1S/C17H15F2N7S/c1-11-9-13(23-26(11)16(18)19)15-21-22-17(27-15)20-14-7-8-25(24-14)10-12-5-3-2-4-6-12/h2-9,16H,10H2,1H3,(H,20,22,24). The minimum absolute atomic E-state index is 0.365. The molecule has 7 nitrogen and oxygen atoms in total. The Hall–Kier alpha value is -3.14. The van der Waals surface area contributed by atoms with Gasteiger partial charge in [-0.1, -0.05) is 41.7 Å². The summed E-state index contributed by atoms with van der Waals surface area (Å²) in [4.78, 5) is 0. The van der Waals surface area contributed by atoms with E-state index in [4.69, 9.17) is 0 Å². The van der Waals surface area contributed by atoms with E-state index in [0.717, 1.165) is 5.56 Å². The molecule has 10 heteroatoms. The van der Waals surface area contributed by atoms with Crippen LogP contribution in [0.2, 0.25) is 0 Å². The summed E-state index contributed by atoms with van der Waals surface area (Å²) in [6, 6.07) is 13.4. The fourth-order valence-corrected chi connectivity index (χ4v) is 3.27. The van der Waals surface area contributed by atoms with E-state index in [1.165, 1.54) is 11.3 Å². The number of halogens is 2. The summed E-state index contributed by atoms with van der Waals surface area (Å²) in [6.07, 6.45) is 1.87. The third-order valence-electron chi connectivity index (χ3n) is 3.81. The third-order valence-corrected chi connectivity index (χ3v) is 4.68. The highest BCUT2D eigenvalue weighted by atomic mass is 32.1. The van der Waals surface area contributed by atoms with Crippen LogP contribution in [0.3, 0.4) is 0 Å². The van der Waals surface area contributed by atoms with Crippen LogP contribution in [0, 0.1) is 6.92 Å². The number of nitrogens with zero attached hydrogens (tertiary/aromatic N) is 6. The molecule has 27 heavy (non-hydrogen) atoms. The normalized spacial score (nSPS) is 11.3. The summed E-state index contributed by atoms with van der Waals surface area (Å²) in [6.45, 7) is -0.450. The van der Waals surface area contributed by atoms with Crippen LogP contribution in [0.4, 0.5) is 19.7 Å². The first-order chi connectivity index (χ1) is 13.1. The number of aryl methyl sites for hydroxylation is 1. The molecule has 0 aliphatic carbocycles. The molecule has 1 aromatic carbocycles. The van der Waals surface area contributed by atoms with E-state index in [1.54, 1.807) is 13.0 Å². The Labute approximate surface area is 157 Å². The lowest BCUT2D eigenvalue weighted by Crippen LogP contribution is -2.02. The van der Waals surface area contributed by atoms with E-state index in [1.807, 2.05) is 47.3 Å². The monoisotopic (exact) mass is 387 g/mol. The molecule has 0 bridgehead atoms. The number of alkyl halides is 2. The Morgan fingerprint density at radius 1 is 1.11 bits per heavy atom. The molecule has 0 aliphatic rings. The molecule has 4 aromatic rings. The zero-order chi connectivity index (χ0) is 18.8. The predicted molar refractivity (Wildman–Crippen MR) is 98.2 cm³/mol. The van der Waals surface area contributed by atoms with Gasteiger partial charge in [0.05, 0.1) is 6.54 Å². The second-order valence-corrected chi connectivity index (χ2v) is 6.79. The number of benzene rings is 1. The topological polar surface area (TPSA) is 73.5 Å². The van der Waals surface area contributed by atoms with Gasteiger partial charge in [-0.15, -0.1) is 10.2 Å². The lowest BCUT2D eigenvalue weighted by molar-refractivity contribution is 0.0546. The van der Waals surface area contributed by atoms with Crippen LogP contribution in [0.15, 0.2) is 48.7 Å². The van der Waals surface area contributed by atoms with Crippen molar-refractivity contribution in [2.24, 2.45) is 0 Å². The van der Waals surface area contributed by atoms with E-state index in [9.17, 15) is 8.78 Å². The molecular formula is C17H15F2N7S. The largest absolute Gasteiger partial charge is 0.333 e. The summed E-state index contributed by atoms with van der Waals surface area (Å²) >= 11 is 1.22. The Morgan fingerprint density at radius 3 is 2.67 bits per heavy atom. The molecule has 0 aliphatic heterocycles. The number of hydrogen-bond acceptors (Lipinski definition) is 6. The van der Waals surface area contributed by atoms with Gasteiger partial charge >= 0.3 is 6.55 Å². The molecule has 0 saturated carbocycles. The first-order valence-corrected chi connectivity index (χ1v) is 8.93. The molecule has 0 fully saturated rings. The van der Waals surface area contributed by atoms with Crippen molar-refractivity contribution in [2.75, 3.05) is 5.32 Å². The van der Waals surface area contributed by atoms with Gasteiger partial charge in [0, 0.05) is 18.0 Å². The number of hydrogen-bond donors (Lipinski definition) is 1. The van der Waals surface area contributed by atoms with Crippen molar-refractivity contribution in [2.45, 2.75) is 20.0 Å². The smallest absolute Gasteiger partial charge is 0.313 e. The molecule has 138 valence electrons. The molecule has 0 amide bonds. The number of rotatable bonds is 6. The van der Waals surface area contributed by atoms with Crippen LogP contribution in [-0.4, -0.2) is 29.8 Å². The second kappa shape index (κ2) is 7.23. The van der Waals surface area contributed by atoms with Crippen molar-refractivity contribution in [1.29, 1.82) is 0 Å². The Bertz CT molecular complexity index is 1040. The highest BCUT2D eigenvalue weighted by molar-refractivity contribution is 7.18. The van der Waals surface area contributed by atoms with Gasteiger partial charge in [0.2, 0.25) is 5.13 Å². The van der Waals surface area contributed by atoms with Crippen molar-refractivity contribution >= 4 is 22.3 Å². The van der Waals surface area contributed by atoms with Gasteiger partial charge in [-0.25, -0.2) is 4.68 Å². The zero-order valence-electron chi connectivity index (χ0n) is 14.3. The van der Waals surface area contributed by atoms with Crippen LogP contribution >= 0.6 is 11.3 Å². The van der Waals surface area contributed by atoms with E-state index in [0.29, 0.717) is 38.6 Å². The van der Waals surface area contributed by atoms with Gasteiger partial charge in [0.15, 0.2) is 10.8 Å². The molecule has 3 aromatic heterocycles. The summed E-state index contributed by atoms with van der Waals surface area (Å²) in [5.74, 6) is 0.628. The SMILES string of the molecule is Cc1cc(-c2nnc(Nc3ccn(Cc4ccccc4)n3)s2)nn1C(F)F. The maximum atomic E-state index is 12.9. The Balaban J connectivity index is 1.46. The Morgan fingerprint density at radius 2 is 1.93 bits per heavy atom. The van der Waals surface area contributed by atoms with Crippen molar-refractivity contribution in [3.05, 3.63) is 59.9 Å². The molecule has 1 N–H and O–H groups in total. The molecule has 0 unspecified atom stereocenters. The maximum Gasteiger partial charge on any atom is 0.333 e. The quantitative estimate of drug-likeness (QED) is 0.539. The highest BCUT2D eigenvalue weighted by Crippen LogP contribution is 2.28. The fourth-order valence-electron chi connectivity index (χ4n) is 2.56. The van der Waals surface area contributed by atoms with Gasteiger partial charge in [-0.3, -0.25) is 4.68 Å². The van der Waals surface area contributed by atoms with Crippen molar-refractivity contribution in [3.63, 3.8) is 0 Å². The highest BCUT2D eigenvalue weighted by Gasteiger charge is 2.16. The molecule has 0 saturated heterocycles. The average Bonchev–Trinajstić information content (AvgIpc) is 3.37. The average molecular weight is 387 g/mol. The number of anilines is 2. The van der Waals surface area contributed by atoms with Crippen LogP contribution in [0.25, 0.3) is 10.7 Å². The number of nitrogens with one attached hydrogen (secondary N) is 1. The van der Waals surface area contributed by atoms with Gasteiger partial charge in [-0.2, -0.15) is 19.0 Å². The summed E-state index contributed by atoms with van der Waals surface area (Å²) in [5, 5.41) is 20.4. The van der Waals surface area contributed by atoms with E-state index >= 15 is 0 Å². The van der Waals surface area contributed by atoms with Gasteiger partial charge in [0.25, 0.3) is 0 Å². The minimum Gasteiger partial charge on any atom is -0.313 e. The lowest BCUT2D eigenvalue weighted by atomic mass is 10.2. The molecule has 0 radical (unpaired) electrons. The predicted octanol–water partition coefficient (Wildman–Crippen LogP) is 4.09. The van der Waals surface area contributed by atoms with Gasteiger partial charge in [-0.05, 0) is 18.6 Å². The van der Waals surface area contributed by atoms with E-state index < -0.39 is 6.55 Å². The Kier molecular flexibility index (Phi) is 4.63. The van der Waals surface area contributed by atoms with E-state index in [2.05, 4.69) is 25.7 Å². The van der Waals surface area contributed by atoms with Crippen molar-refractivity contribution < 1.29 is 8.78 Å². The van der Waals surface area contributed by atoms with Crippen molar-refractivity contribution in [3.8, 4) is 10.7 Å². The zero-order valence-corrected chi connectivity index (χ0v) is 15.1. The van der Waals surface area contributed by atoms with Crippen LogP contribution < -0.4 is 5.32 Å². The summed E-state index contributed by atoms with van der Waals surface area (Å²) in [7, 11) is 0. The van der Waals surface area contributed by atoms with Crippen LogP contribution in [-0.2, 0) is 6.54 Å². The van der Waals surface area contributed by atoms with Crippen molar-refractivity contribution in [1.82, 2.24) is 29.8 Å². The molecule has 0 atom stereocenters. The molecular weight excluding hydrogens is 372 g/mol. The molecule has 0 spiro atoms. The first kappa shape index (κ1) is 17.3. The fraction of sp³-hybridized carbons (Fsp3) is 0.176.